The van der Waals surface area contributed by atoms with Gasteiger partial charge in [-0.05, 0) is 24.5 Å². The number of rotatable bonds is 9. The standard InChI is InChI=1S/C16H27NO/c1-3-5-9-14(4-2)12-15(17)13-18-16-10-7-6-8-11-16/h6-8,10-11,14-15H,3-5,9,12-13,17H2,1-2H3. The highest BCUT2D eigenvalue weighted by molar-refractivity contribution is 5.20. The SMILES string of the molecule is CCCCC(CC)CC(N)COc1ccccc1. The van der Waals surface area contributed by atoms with Gasteiger partial charge in [-0.1, -0.05) is 57.7 Å². The van der Waals surface area contributed by atoms with Crippen molar-refractivity contribution in [2.24, 2.45) is 11.7 Å². The molecule has 0 spiro atoms. The van der Waals surface area contributed by atoms with Crippen molar-refractivity contribution in [3.05, 3.63) is 30.3 Å². The van der Waals surface area contributed by atoms with Crippen LogP contribution in [-0.2, 0) is 0 Å². The monoisotopic (exact) mass is 249 g/mol. The van der Waals surface area contributed by atoms with Crippen LogP contribution in [0.15, 0.2) is 30.3 Å². The van der Waals surface area contributed by atoms with Gasteiger partial charge in [0.15, 0.2) is 0 Å². The first-order chi connectivity index (χ1) is 8.76. The van der Waals surface area contributed by atoms with Crippen molar-refractivity contribution in [3.63, 3.8) is 0 Å². The van der Waals surface area contributed by atoms with Crippen LogP contribution in [0.5, 0.6) is 5.75 Å². The van der Waals surface area contributed by atoms with Crippen molar-refractivity contribution in [2.45, 2.75) is 52.0 Å². The molecule has 0 aliphatic rings. The van der Waals surface area contributed by atoms with Crippen LogP contribution in [0.4, 0.5) is 0 Å². The molecule has 0 aliphatic heterocycles. The Hall–Kier alpha value is -1.02. The molecule has 2 nitrogen and oxygen atoms in total. The average Bonchev–Trinajstić information content (AvgIpc) is 2.42. The third-order valence-corrected chi connectivity index (χ3v) is 3.39. The van der Waals surface area contributed by atoms with Gasteiger partial charge in [-0.3, -0.25) is 0 Å². The van der Waals surface area contributed by atoms with Crippen LogP contribution >= 0.6 is 0 Å². The lowest BCUT2D eigenvalue weighted by Gasteiger charge is -2.19. The zero-order valence-electron chi connectivity index (χ0n) is 11.8. The van der Waals surface area contributed by atoms with Crippen LogP contribution < -0.4 is 10.5 Å². The Bertz CT molecular complexity index is 299. The van der Waals surface area contributed by atoms with E-state index >= 15 is 0 Å². The maximum Gasteiger partial charge on any atom is 0.119 e. The van der Waals surface area contributed by atoms with Crippen molar-refractivity contribution < 1.29 is 4.74 Å². The first-order valence-electron chi connectivity index (χ1n) is 7.19. The number of para-hydroxylation sites is 1. The largest absolute Gasteiger partial charge is 0.492 e. The molecule has 0 amide bonds. The van der Waals surface area contributed by atoms with E-state index in [0.29, 0.717) is 6.61 Å². The van der Waals surface area contributed by atoms with E-state index in [9.17, 15) is 0 Å². The number of benzene rings is 1. The third-order valence-electron chi connectivity index (χ3n) is 3.39. The van der Waals surface area contributed by atoms with E-state index in [0.717, 1.165) is 18.1 Å². The van der Waals surface area contributed by atoms with Gasteiger partial charge >= 0.3 is 0 Å². The van der Waals surface area contributed by atoms with Crippen LogP contribution in [0, 0.1) is 5.92 Å². The Labute approximate surface area is 112 Å². The van der Waals surface area contributed by atoms with Gasteiger partial charge in [0.2, 0.25) is 0 Å². The molecule has 18 heavy (non-hydrogen) atoms. The van der Waals surface area contributed by atoms with E-state index < -0.39 is 0 Å². The topological polar surface area (TPSA) is 35.2 Å². The summed E-state index contributed by atoms with van der Waals surface area (Å²) in [6, 6.07) is 10.0. The molecule has 2 atom stereocenters. The molecule has 0 bridgehead atoms. The van der Waals surface area contributed by atoms with Gasteiger partial charge in [-0.15, -0.1) is 0 Å². The maximum atomic E-state index is 6.14. The van der Waals surface area contributed by atoms with Crippen LogP contribution in [0.3, 0.4) is 0 Å². The summed E-state index contributed by atoms with van der Waals surface area (Å²) in [4.78, 5) is 0. The molecular formula is C16H27NO. The predicted molar refractivity (Wildman–Crippen MR) is 77.8 cm³/mol. The first-order valence-corrected chi connectivity index (χ1v) is 7.19. The number of hydrogen-bond acceptors (Lipinski definition) is 2. The highest BCUT2D eigenvalue weighted by atomic mass is 16.5. The Morgan fingerprint density at radius 2 is 1.89 bits per heavy atom. The summed E-state index contributed by atoms with van der Waals surface area (Å²) in [7, 11) is 0. The normalized spacial score (nSPS) is 14.2. The molecule has 1 rings (SSSR count). The van der Waals surface area contributed by atoms with E-state index in [2.05, 4.69) is 13.8 Å². The second-order valence-electron chi connectivity index (χ2n) is 5.04. The lowest BCUT2D eigenvalue weighted by Crippen LogP contribution is -2.30. The smallest absolute Gasteiger partial charge is 0.119 e. The number of hydrogen-bond donors (Lipinski definition) is 1. The predicted octanol–water partition coefficient (Wildman–Crippen LogP) is 4.00. The Kier molecular flexibility index (Phi) is 7.51. The second-order valence-corrected chi connectivity index (χ2v) is 5.04. The van der Waals surface area contributed by atoms with Crippen molar-refractivity contribution in [1.82, 2.24) is 0 Å². The second kappa shape index (κ2) is 8.98. The van der Waals surface area contributed by atoms with Crippen molar-refractivity contribution >= 4 is 0 Å². The van der Waals surface area contributed by atoms with E-state index in [1.54, 1.807) is 0 Å². The molecule has 0 heterocycles. The summed E-state index contributed by atoms with van der Waals surface area (Å²) >= 11 is 0. The average molecular weight is 249 g/mol. The van der Waals surface area contributed by atoms with Gasteiger partial charge in [0.25, 0.3) is 0 Å². The van der Waals surface area contributed by atoms with E-state index in [1.165, 1.54) is 25.7 Å². The lowest BCUT2D eigenvalue weighted by molar-refractivity contribution is 0.258. The molecule has 0 fully saturated rings. The minimum absolute atomic E-state index is 0.145. The van der Waals surface area contributed by atoms with Gasteiger partial charge in [-0.25, -0.2) is 0 Å². The fourth-order valence-corrected chi connectivity index (χ4v) is 2.20. The fourth-order valence-electron chi connectivity index (χ4n) is 2.20. The molecule has 2 unspecified atom stereocenters. The summed E-state index contributed by atoms with van der Waals surface area (Å²) < 4.78 is 5.69. The Balaban J connectivity index is 2.25. The maximum absolute atomic E-state index is 6.14. The zero-order chi connectivity index (χ0) is 13.2. The molecular weight excluding hydrogens is 222 g/mol. The molecule has 0 aliphatic carbocycles. The van der Waals surface area contributed by atoms with Gasteiger partial charge in [-0.2, -0.15) is 0 Å². The van der Waals surface area contributed by atoms with E-state index in [1.807, 2.05) is 30.3 Å². The van der Waals surface area contributed by atoms with Crippen molar-refractivity contribution in [3.8, 4) is 5.75 Å². The fraction of sp³-hybridized carbons (Fsp3) is 0.625. The number of unbranched alkanes of at least 4 members (excludes halogenated alkanes) is 1. The van der Waals surface area contributed by atoms with E-state index in [-0.39, 0.29) is 6.04 Å². The molecule has 2 heteroatoms. The molecule has 102 valence electrons. The zero-order valence-corrected chi connectivity index (χ0v) is 11.8. The Morgan fingerprint density at radius 3 is 2.50 bits per heavy atom. The van der Waals surface area contributed by atoms with Gasteiger partial charge in [0.1, 0.15) is 12.4 Å². The lowest BCUT2D eigenvalue weighted by atomic mass is 9.92. The van der Waals surface area contributed by atoms with Gasteiger partial charge in [0, 0.05) is 6.04 Å². The highest BCUT2D eigenvalue weighted by Crippen LogP contribution is 2.18. The Morgan fingerprint density at radius 1 is 1.17 bits per heavy atom. The van der Waals surface area contributed by atoms with E-state index in [4.69, 9.17) is 10.5 Å². The molecule has 2 N–H and O–H groups in total. The van der Waals surface area contributed by atoms with Crippen LogP contribution in [0.1, 0.15) is 46.0 Å². The number of ether oxygens (including phenoxy) is 1. The summed E-state index contributed by atoms with van der Waals surface area (Å²) in [5.41, 5.74) is 6.14. The molecule has 0 radical (unpaired) electrons. The molecule has 1 aromatic rings. The van der Waals surface area contributed by atoms with Crippen LogP contribution in [-0.4, -0.2) is 12.6 Å². The van der Waals surface area contributed by atoms with Crippen LogP contribution in [0.25, 0.3) is 0 Å². The number of nitrogens with two attached hydrogens (primary N) is 1. The molecule has 0 saturated carbocycles. The van der Waals surface area contributed by atoms with Crippen LogP contribution in [0.2, 0.25) is 0 Å². The minimum atomic E-state index is 0.145. The first kappa shape index (κ1) is 15.0. The molecule has 0 saturated heterocycles. The third kappa shape index (κ3) is 6.06. The quantitative estimate of drug-likeness (QED) is 0.718. The minimum Gasteiger partial charge on any atom is -0.492 e. The summed E-state index contributed by atoms with van der Waals surface area (Å²) in [5.74, 6) is 1.66. The summed E-state index contributed by atoms with van der Waals surface area (Å²) in [6.07, 6.45) is 6.17. The van der Waals surface area contributed by atoms with Gasteiger partial charge < -0.3 is 10.5 Å². The molecule has 0 aromatic heterocycles. The molecule has 1 aromatic carbocycles. The highest BCUT2D eigenvalue weighted by Gasteiger charge is 2.12. The summed E-state index contributed by atoms with van der Waals surface area (Å²) in [6.45, 7) is 5.11. The van der Waals surface area contributed by atoms with Gasteiger partial charge in [0.05, 0.1) is 0 Å². The van der Waals surface area contributed by atoms with Crippen molar-refractivity contribution in [2.75, 3.05) is 6.61 Å². The van der Waals surface area contributed by atoms with Crippen molar-refractivity contribution in [1.29, 1.82) is 0 Å². The summed E-state index contributed by atoms with van der Waals surface area (Å²) in [5, 5.41) is 0.